The Morgan fingerprint density at radius 1 is 1.44 bits per heavy atom. The van der Waals surface area contributed by atoms with Crippen LogP contribution in [0, 0.1) is 0 Å². The third kappa shape index (κ3) is 3.45. The number of rotatable bonds is 4. The zero-order valence-electron chi connectivity index (χ0n) is 13.6. The van der Waals surface area contributed by atoms with Crippen LogP contribution in [0.25, 0.3) is 11.2 Å². The molecule has 3 N–H and O–H groups in total. The van der Waals surface area contributed by atoms with Crippen molar-refractivity contribution in [2.45, 2.75) is 38.7 Å². The van der Waals surface area contributed by atoms with Crippen LogP contribution < -0.4 is 11.3 Å². The van der Waals surface area contributed by atoms with E-state index in [0.717, 1.165) is 0 Å². The average Bonchev–Trinajstić information content (AvgIpc) is 3.08. The van der Waals surface area contributed by atoms with E-state index in [0.29, 0.717) is 6.42 Å². The Kier molecular flexibility index (Phi) is 4.40. The minimum Gasteiger partial charge on any atom is -0.463 e. The van der Waals surface area contributed by atoms with Gasteiger partial charge in [-0.15, -0.1) is 0 Å². The summed E-state index contributed by atoms with van der Waals surface area (Å²) in [5.41, 5.74) is 5.39. The summed E-state index contributed by atoms with van der Waals surface area (Å²) in [6, 6.07) is 0. The summed E-state index contributed by atoms with van der Waals surface area (Å²) in [6.07, 6.45) is -0.228. The summed E-state index contributed by atoms with van der Waals surface area (Å²) in [6.45, 7) is 2.59. The van der Waals surface area contributed by atoms with Gasteiger partial charge in [-0.25, -0.2) is 4.98 Å². The van der Waals surface area contributed by atoms with Crippen molar-refractivity contribution in [3.05, 3.63) is 16.7 Å². The number of ether oxygens (including phenoxy) is 3. The van der Waals surface area contributed by atoms with Gasteiger partial charge in [-0.1, -0.05) is 0 Å². The van der Waals surface area contributed by atoms with Gasteiger partial charge in [-0.2, -0.15) is 4.98 Å². The first kappa shape index (κ1) is 16.9. The van der Waals surface area contributed by atoms with Crippen LogP contribution in [0.3, 0.4) is 0 Å². The van der Waals surface area contributed by atoms with E-state index in [1.165, 1.54) is 24.7 Å². The van der Waals surface area contributed by atoms with Crippen LogP contribution in [-0.4, -0.2) is 50.3 Å². The molecule has 0 bridgehead atoms. The molecule has 3 heterocycles. The molecule has 1 fully saturated rings. The number of nitrogens with one attached hydrogen (secondary N) is 1. The summed E-state index contributed by atoms with van der Waals surface area (Å²) >= 11 is 0. The highest BCUT2D eigenvalue weighted by molar-refractivity contribution is 5.70. The first-order valence-electron chi connectivity index (χ1n) is 7.53. The molecule has 1 aliphatic rings. The van der Waals surface area contributed by atoms with Gasteiger partial charge in [-0.3, -0.25) is 23.9 Å². The van der Waals surface area contributed by atoms with Gasteiger partial charge in [0.05, 0.1) is 12.4 Å². The monoisotopic (exact) mass is 351 g/mol. The molecule has 134 valence electrons. The number of nitrogens with zero attached hydrogens (tertiary/aromatic N) is 3. The molecule has 1 saturated heterocycles. The number of carbonyl (C=O) groups is 2. The number of aromatic nitrogens is 4. The number of H-pyrrole nitrogens is 1. The van der Waals surface area contributed by atoms with Gasteiger partial charge in [-0.05, 0) is 0 Å². The highest BCUT2D eigenvalue weighted by Crippen LogP contribution is 2.33. The van der Waals surface area contributed by atoms with Crippen LogP contribution in [-0.2, 0) is 23.8 Å². The Morgan fingerprint density at radius 2 is 2.20 bits per heavy atom. The van der Waals surface area contributed by atoms with E-state index in [1.807, 2.05) is 0 Å². The first-order chi connectivity index (χ1) is 11.8. The standard InChI is InChI=1S/C14H17N5O6/c1-6(20)23-4-8-3-9(24-7(2)21)13(25-8)19-5-16-10-11(19)17-14(15)18-12(10)22/h5,8-9,13H,3-4H2,1-2H3,(H3,15,17,18,22)/t8-,9+,13+/m0/s1. The molecular formula is C14H17N5O6. The molecule has 0 aliphatic carbocycles. The zero-order chi connectivity index (χ0) is 18.1. The number of anilines is 1. The van der Waals surface area contributed by atoms with Crippen LogP contribution >= 0.6 is 0 Å². The quantitative estimate of drug-likeness (QED) is 0.693. The van der Waals surface area contributed by atoms with Gasteiger partial charge in [0.25, 0.3) is 5.56 Å². The Bertz CT molecular complexity index is 874. The van der Waals surface area contributed by atoms with E-state index in [2.05, 4.69) is 15.0 Å². The summed E-state index contributed by atoms with van der Waals surface area (Å²) in [5.74, 6) is -0.996. The van der Waals surface area contributed by atoms with Crippen molar-refractivity contribution in [1.29, 1.82) is 0 Å². The van der Waals surface area contributed by atoms with E-state index >= 15 is 0 Å². The van der Waals surface area contributed by atoms with Gasteiger partial charge in [0.1, 0.15) is 12.7 Å². The van der Waals surface area contributed by atoms with Crippen LogP contribution in [0.5, 0.6) is 0 Å². The summed E-state index contributed by atoms with van der Waals surface area (Å²) in [7, 11) is 0. The SMILES string of the molecule is CC(=O)OC[C@@H]1C[C@@H](OC(C)=O)[C@H](n2cnc3c(=O)[nH]c(N)nc32)O1. The van der Waals surface area contributed by atoms with Crippen LogP contribution in [0.15, 0.2) is 11.1 Å². The largest absolute Gasteiger partial charge is 0.463 e. The number of carbonyl (C=O) groups excluding carboxylic acids is 2. The third-order valence-corrected chi connectivity index (χ3v) is 3.66. The molecule has 2 aromatic rings. The lowest BCUT2D eigenvalue weighted by atomic mass is 10.2. The predicted octanol–water partition coefficient (Wildman–Crippen LogP) is -0.516. The second kappa shape index (κ2) is 6.51. The predicted molar refractivity (Wildman–Crippen MR) is 83.3 cm³/mol. The molecule has 3 atom stereocenters. The van der Waals surface area contributed by atoms with Crippen LogP contribution in [0.1, 0.15) is 26.5 Å². The van der Waals surface area contributed by atoms with Crippen molar-refractivity contribution < 1.29 is 23.8 Å². The average molecular weight is 351 g/mol. The molecule has 0 spiro atoms. The lowest BCUT2D eigenvalue weighted by molar-refractivity contribution is -0.152. The van der Waals surface area contributed by atoms with E-state index in [1.54, 1.807) is 0 Å². The Balaban J connectivity index is 1.93. The van der Waals surface area contributed by atoms with Gasteiger partial charge in [0.15, 0.2) is 17.4 Å². The lowest BCUT2D eigenvalue weighted by Crippen LogP contribution is -2.25. The number of aromatic amines is 1. The Hall–Kier alpha value is -2.95. The fourth-order valence-corrected chi connectivity index (χ4v) is 2.73. The number of nitrogens with two attached hydrogens (primary N) is 1. The molecule has 11 heteroatoms. The number of imidazole rings is 1. The molecule has 1 aliphatic heterocycles. The second-order valence-corrected chi connectivity index (χ2v) is 5.61. The first-order valence-corrected chi connectivity index (χ1v) is 7.53. The van der Waals surface area contributed by atoms with Gasteiger partial charge in [0, 0.05) is 20.3 Å². The number of esters is 2. The summed E-state index contributed by atoms with van der Waals surface area (Å²) in [5, 5.41) is 0. The van der Waals surface area contributed by atoms with E-state index in [-0.39, 0.29) is 23.7 Å². The second-order valence-electron chi connectivity index (χ2n) is 5.61. The van der Waals surface area contributed by atoms with Gasteiger partial charge >= 0.3 is 11.9 Å². The molecule has 0 aromatic carbocycles. The van der Waals surface area contributed by atoms with Crippen molar-refractivity contribution in [1.82, 2.24) is 19.5 Å². The van der Waals surface area contributed by atoms with Crippen LogP contribution in [0.4, 0.5) is 5.95 Å². The highest BCUT2D eigenvalue weighted by atomic mass is 16.6. The zero-order valence-corrected chi connectivity index (χ0v) is 13.6. The highest BCUT2D eigenvalue weighted by Gasteiger charge is 2.40. The van der Waals surface area contributed by atoms with Crippen molar-refractivity contribution in [3.8, 4) is 0 Å². The maximum atomic E-state index is 11.9. The number of fused-ring (bicyclic) bond motifs is 1. The minimum atomic E-state index is -0.775. The number of hydrogen-bond acceptors (Lipinski definition) is 9. The van der Waals surface area contributed by atoms with Crippen molar-refractivity contribution in [3.63, 3.8) is 0 Å². The molecule has 25 heavy (non-hydrogen) atoms. The number of hydrogen-bond donors (Lipinski definition) is 2. The Morgan fingerprint density at radius 3 is 2.88 bits per heavy atom. The summed E-state index contributed by atoms with van der Waals surface area (Å²) < 4.78 is 17.6. The molecule has 0 radical (unpaired) electrons. The van der Waals surface area contributed by atoms with E-state index in [4.69, 9.17) is 19.9 Å². The maximum absolute atomic E-state index is 11.9. The molecule has 3 rings (SSSR count). The van der Waals surface area contributed by atoms with Crippen molar-refractivity contribution in [2.75, 3.05) is 12.3 Å². The minimum absolute atomic E-state index is 0.0202. The smallest absolute Gasteiger partial charge is 0.303 e. The molecule has 0 amide bonds. The fraction of sp³-hybridized carbons (Fsp3) is 0.500. The Labute approximate surface area is 141 Å². The molecule has 0 unspecified atom stereocenters. The summed E-state index contributed by atoms with van der Waals surface area (Å²) in [4.78, 5) is 44.7. The van der Waals surface area contributed by atoms with Crippen molar-refractivity contribution >= 4 is 29.1 Å². The third-order valence-electron chi connectivity index (χ3n) is 3.66. The van der Waals surface area contributed by atoms with E-state index < -0.39 is 35.9 Å². The van der Waals surface area contributed by atoms with E-state index in [9.17, 15) is 14.4 Å². The van der Waals surface area contributed by atoms with Gasteiger partial charge in [0.2, 0.25) is 5.95 Å². The van der Waals surface area contributed by atoms with Crippen molar-refractivity contribution in [2.24, 2.45) is 0 Å². The number of nitrogen functional groups attached to an aromatic ring is 1. The van der Waals surface area contributed by atoms with Crippen LogP contribution in [0.2, 0.25) is 0 Å². The maximum Gasteiger partial charge on any atom is 0.303 e. The molecule has 2 aromatic heterocycles. The fourth-order valence-electron chi connectivity index (χ4n) is 2.73. The van der Waals surface area contributed by atoms with Gasteiger partial charge < -0.3 is 19.9 Å². The molecular weight excluding hydrogens is 334 g/mol. The molecule has 11 nitrogen and oxygen atoms in total. The normalized spacial score (nSPS) is 22.9. The lowest BCUT2D eigenvalue weighted by Gasteiger charge is -2.19. The topological polar surface area (TPSA) is 151 Å². The molecule has 0 saturated carbocycles.